The molecular weight excluding hydrogens is 404 g/mol. The van der Waals surface area contributed by atoms with Crippen molar-refractivity contribution < 1.29 is 34.7 Å². The van der Waals surface area contributed by atoms with Crippen LogP contribution in [0.3, 0.4) is 0 Å². The van der Waals surface area contributed by atoms with E-state index in [1.807, 2.05) is 24.3 Å². The van der Waals surface area contributed by atoms with Crippen molar-refractivity contribution in [2.24, 2.45) is 0 Å². The highest BCUT2D eigenvalue weighted by molar-refractivity contribution is 5.76. The third kappa shape index (κ3) is 6.84. The Kier molecular flexibility index (Phi) is 9.15. The van der Waals surface area contributed by atoms with Crippen molar-refractivity contribution in [2.75, 3.05) is 20.2 Å². The number of carbonyl (C=O) groups is 1. The average molecular weight is 437 g/mol. The minimum atomic E-state index is -1.73. The van der Waals surface area contributed by atoms with Crippen LogP contribution < -0.4 is 0 Å². The average Bonchev–Trinajstić information content (AvgIpc) is 3.24. The Morgan fingerprint density at radius 1 is 1.06 bits per heavy atom. The first-order valence-electron chi connectivity index (χ1n) is 10.3. The van der Waals surface area contributed by atoms with E-state index in [1.165, 1.54) is 17.5 Å². The lowest BCUT2D eigenvalue weighted by Crippen LogP contribution is -2.50. The van der Waals surface area contributed by atoms with Crippen LogP contribution in [0.25, 0.3) is 11.3 Å². The maximum Gasteiger partial charge on any atom is 0.222 e. The standard InChI is InChI=1S/C22H32N2O7/c1-13(2)14-4-6-15(7-5-14)18-10-23-19(31-18)8-9-20(28)24(3)11-16(26)21(29)22(30)17(27)12-25/h4-7,10,13,16-17,21-22,25-27,29-30H,8-9,11-12H2,1-3H3. The van der Waals surface area contributed by atoms with Gasteiger partial charge in [-0.2, -0.15) is 0 Å². The zero-order chi connectivity index (χ0) is 23.1. The van der Waals surface area contributed by atoms with E-state index in [4.69, 9.17) is 9.52 Å². The van der Waals surface area contributed by atoms with Crippen LogP contribution in [0.5, 0.6) is 0 Å². The minimum Gasteiger partial charge on any atom is -0.441 e. The number of aryl methyl sites for hydroxylation is 1. The molecule has 0 spiro atoms. The Hall–Kier alpha value is -2.30. The fraction of sp³-hybridized carbons (Fsp3) is 0.545. The maximum absolute atomic E-state index is 12.3. The fourth-order valence-corrected chi connectivity index (χ4v) is 3.05. The molecule has 1 aromatic carbocycles. The molecule has 0 saturated heterocycles. The summed E-state index contributed by atoms with van der Waals surface area (Å²) < 4.78 is 5.73. The molecule has 0 fully saturated rings. The van der Waals surface area contributed by atoms with E-state index in [2.05, 4.69) is 18.8 Å². The van der Waals surface area contributed by atoms with Crippen LogP contribution in [-0.2, 0) is 11.2 Å². The number of aromatic nitrogens is 1. The lowest BCUT2D eigenvalue weighted by atomic mass is 10.0. The van der Waals surface area contributed by atoms with Gasteiger partial charge in [-0.15, -0.1) is 0 Å². The molecule has 4 atom stereocenters. The zero-order valence-electron chi connectivity index (χ0n) is 18.0. The molecule has 0 radical (unpaired) electrons. The summed E-state index contributed by atoms with van der Waals surface area (Å²) in [4.78, 5) is 17.7. The molecule has 1 heterocycles. The molecule has 4 unspecified atom stereocenters. The van der Waals surface area contributed by atoms with Crippen LogP contribution in [0.2, 0.25) is 0 Å². The second kappa shape index (κ2) is 11.4. The highest BCUT2D eigenvalue weighted by Crippen LogP contribution is 2.23. The number of hydrogen-bond donors (Lipinski definition) is 5. The van der Waals surface area contributed by atoms with Gasteiger partial charge in [-0.05, 0) is 11.5 Å². The van der Waals surface area contributed by atoms with Gasteiger partial charge in [0.05, 0.1) is 12.8 Å². The van der Waals surface area contributed by atoms with E-state index >= 15 is 0 Å². The van der Waals surface area contributed by atoms with Gasteiger partial charge >= 0.3 is 0 Å². The monoisotopic (exact) mass is 436 g/mol. The number of aliphatic hydroxyl groups excluding tert-OH is 5. The third-order valence-corrected chi connectivity index (χ3v) is 5.18. The van der Waals surface area contributed by atoms with Gasteiger partial charge in [0.2, 0.25) is 5.91 Å². The Morgan fingerprint density at radius 3 is 2.26 bits per heavy atom. The molecule has 0 bridgehead atoms. The smallest absolute Gasteiger partial charge is 0.222 e. The number of nitrogens with zero attached hydrogens (tertiary/aromatic N) is 2. The summed E-state index contributed by atoms with van der Waals surface area (Å²) >= 11 is 0. The molecule has 0 aliphatic rings. The Bertz CT molecular complexity index is 822. The van der Waals surface area contributed by atoms with Gasteiger partial charge in [0.1, 0.15) is 24.4 Å². The predicted octanol–water partition coefficient (Wildman–Crippen LogP) is 0.292. The number of amides is 1. The van der Waals surface area contributed by atoms with Crippen molar-refractivity contribution in [3.05, 3.63) is 41.9 Å². The lowest BCUT2D eigenvalue weighted by molar-refractivity contribution is -0.138. The van der Waals surface area contributed by atoms with Crippen molar-refractivity contribution in [1.29, 1.82) is 0 Å². The maximum atomic E-state index is 12.3. The zero-order valence-corrected chi connectivity index (χ0v) is 18.0. The van der Waals surface area contributed by atoms with Crippen molar-refractivity contribution in [3.8, 4) is 11.3 Å². The van der Waals surface area contributed by atoms with E-state index in [-0.39, 0.29) is 25.3 Å². The van der Waals surface area contributed by atoms with E-state index in [1.54, 1.807) is 6.20 Å². The molecule has 31 heavy (non-hydrogen) atoms. The number of likely N-dealkylation sites (N-methyl/N-ethyl adjacent to an activating group) is 1. The second-order valence-corrected chi connectivity index (χ2v) is 7.97. The van der Waals surface area contributed by atoms with Crippen molar-refractivity contribution >= 4 is 5.91 Å². The normalized spacial score (nSPS) is 15.5. The van der Waals surface area contributed by atoms with E-state index in [0.717, 1.165) is 5.56 Å². The van der Waals surface area contributed by atoms with Crippen LogP contribution in [0, 0.1) is 0 Å². The van der Waals surface area contributed by atoms with Crippen LogP contribution in [0.4, 0.5) is 0 Å². The number of oxazole rings is 1. The molecular formula is C22H32N2O7. The summed E-state index contributed by atoms with van der Waals surface area (Å²) in [6, 6.07) is 8.01. The number of benzene rings is 1. The molecule has 9 heteroatoms. The summed E-state index contributed by atoms with van der Waals surface area (Å²) in [5, 5.41) is 47.7. The Morgan fingerprint density at radius 2 is 1.68 bits per heavy atom. The summed E-state index contributed by atoms with van der Waals surface area (Å²) in [5.74, 6) is 1.14. The number of hydrogen-bond acceptors (Lipinski definition) is 8. The predicted molar refractivity (Wildman–Crippen MR) is 113 cm³/mol. The van der Waals surface area contributed by atoms with Crippen LogP contribution in [0.15, 0.2) is 34.9 Å². The molecule has 0 saturated carbocycles. The molecule has 1 aromatic heterocycles. The van der Waals surface area contributed by atoms with Gasteiger partial charge in [-0.1, -0.05) is 38.1 Å². The highest BCUT2D eigenvalue weighted by atomic mass is 16.4. The molecule has 2 aromatic rings. The van der Waals surface area contributed by atoms with E-state index in [0.29, 0.717) is 17.6 Å². The van der Waals surface area contributed by atoms with Gasteiger partial charge in [0.25, 0.3) is 0 Å². The summed E-state index contributed by atoms with van der Waals surface area (Å²) in [7, 11) is 1.45. The van der Waals surface area contributed by atoms with Gasteiger partial charge in [0.15, 0.2) is 11.7 Å². The van der Waals surface area contributed by atoms with Gasteiger partial charge in [-0.3, -0.25) is 4.79 Å². The molecule has 0 aliphatic carbocycles. The van der Waals surface area contributed by atoms with Gasteiger partial charge < -0.3 is 34.8 Å². The third-order valence-electron chi connectivity index (χ3n) is 5.18. The second-order valence-electron chi connectivity index (χ2n) is 7.97. The van der Waals surface area contributed by atoms with Crippen molar-refractivity contribution in [2.45, 2.75) is 57.0 Å². The molecule has 0 aliphatic heterocycles. The molecule has 9 nitrogen and oxygen atoms in total. The van der Waals surface area contributed by atoms with E-state index in [9.17, 15) is 25.2 Å². The Balaban J connectivity index is 1.86. The SMILES string of the molecule is CC(C)c1ccc(-c2cnc(CCC(=O)N(C)CC(O)C(O)C(O)C(O)CO)o2)cc1. The number of aliphatic hydroxyl groups is 5. The topological polar surface area (TPSA) is 147 Å². The van der Waals surface area contributed by atoms with Crippen LogP contribution in [0.1, 0.15) is 37.6 Å². The van der Waals surface area contributed by atoms with Crippen molar-refractivity contribution in [3.63, 3.8) is 0 Å². The largest absolute Gasteiger partial charge is 0.441 e. The fourth-order valence-electron chi connectivity index (χ4n) is 3.05. The highest BCUT2D eigenvalue weighted by Gasteiger charge is 2.31. The van der Waals surface area contributed by atoms with E-state index < -0.39 is 31.0 Å². The molecule has 172 valence electrons. The summed E-state index contributed by atoms with van der Waals surface area (Å²) in [5.41, 5.74) is 2.12. The molecule has 1 amide bonds. The molecule has 5 N–H and O–H groups in total. The quantitative estimate of drug-likeness (QED) is 0.338. The first-order valence-corrected chi connectivity index (χ1v) is 10.3. The van der Waals surface area contributed by atoms with Crippen LogP contribution >= 0.6 is 0 Å². The van der Waals surface area contributed by atoms with Gasteiger partial charge in [0, 0.05) is 32.0 Å². The first kappa shape index (κ1) is 25.0. The summed E-state index contributed by atoms with van der Waals surface area (Å²) in [6.45, 7) is 3.22. The molecule has 2 rings (SSSR count). The lowest BCUT2D eigenvalue weighted by Gasteiger charge is -2.28. The van der Waals surface area contributed by atoms with Crippen molar-refractivity contribution in [1.82, 2.24) is 9.88 Å². The number of carbonyl (C=O) groups excluding carboxylic acids is 1. The first-order chi connectivity index (χ1) is 14.6. The summed E-state index contributed by atoms with van der Waals surface area (Å²) in [6.07, 6.45) is -4.58. The van der Waals surface area contributed by atoms with Crippen LogP contribution in [-0.4, -0.2) is 85.9 Å². The minimum absolute atomic E-state index is 0.0768. The Labute approximate surface area is 181 Å². The number of rotatable bonds is 11. The van der Waals surface area contributed by atoms with Gasteiger partial charge in [-0.25, -0.2) is 4.98 Å².